The molecule has 2 N–H and O–H groups in total. The van der Waals surface area contributed by atoms with Crippen molar-refractivity contribution >= 4 is 11.9 Å². The first kappa shape index (κ1) is 14.7. The van der Waals surface area contributed by atoms with Crippen molar-refractivity contribution in [3.05, 3.63) is 48.0 Å². The number of hydrogen-bond donors (Lipinski definition) is 2. The van der Waals surface area contributed by atoms with Gasteiger partial charge in [0.1, 0.15) is 12.7 Å². The van der Waals surface area contributed by atoms with Crippen LogP contribution < -0.4 is 5.32 Å². The molecular weight excluding hydrogens is 272 g/mol. The molecule has 7 heteroatoms. The van der Waals surface area contributed by atoms with Crippen LogP contribution in [-0.4, -0.2) is 38.3 Å². The van der Waals surface area contributed by atoms with Crippen LogP contribution in [-0.2, 0) is 11.3 Å². The molecule has 0 bridgehead atoms. The summed E-state index contributed by atoms with van der Waals surface area (Å²) in [6.07, 6.45) is 3.48. The quantitative estimate of drug-likeness (QED) is 0.738. The molecule has 0 aliphatic carbocycles. The van der Waals surface area contributed by atoms with E-state index >= 15 is 0 Å². The zero-order chi connectivity index (χ0) is 15.1. The van der Waals surface area contributed by atoms with Crippen LogP contribution in [0.5, 0.6) is 0 Å². The minimum atomic E-state index is -0.865. The number of aromatic nitrogens is 3. The van der Waals surface area contributed by atoms with Crippen molar-refractivity contribution in [2.75, 3.05) is 6.54 Å². The van der Waals surface area contributed by atoms with Gasteiger partial charge in [-0.3, -0.25) is 9.59 Å². The molecule has 21 heavy (non-hydrogen) atoms. The molecule has 0 saturated heterocycles. The molecule has 0 saturated carbocycles. The van der Waals surface area contributed by atoms with E-state index < -0.39 is 5.97 Å². The number of benzene rings is 1. The van der Waals surface area contributed by atoms with Crippen molar-refractivity contribution < 1.29 is 14.7 Å². The second-order valence-corrected chi connectivity index (χ2v) is 4.50. The molecule has 0 spiro atoms. The van der Waals surface area contributed by atoms with Crippen LogP contribution in [0.3, 0.4) is 0 Å². The highest BCUT2D eigenvalue weighted by Gasteiger charge is 2.11. The fourth-order valence-electron chi connectivity index (χ4n) is 1.91. The third-order valence-electron chi connectivity index (χ3n) is 2.91. The van der Waals surface area contributed by atoms with Gasteiger partial charge in [-0.25, -0.2) is 9.67 Å². The van der Waals surface area contributed by atoms with Crippen molar-refractivity contribution in [1.29, 1.82) is 0 Å². The van der Waals surface area contributed by atoms with Gasteiger partial charge in [0.15, 0.2) is 0 Å². The highest BCUT2D eigenvalue weighted by Crippen LogP contribution is 2.10. The van der Waals surface area contributed by atoms with Gasteiger partial charge < -0.3 is 10.4 Å². The summed E-state index contributed by atoms with van der Waals surface area (Å²) in [5, 5.41) is 15.3. The van der Waals surface area contributed by atoms with Gasteiger partial charge in [-0.15, -0.1) is 0 Å². The minimum Gasteiger partial charge on any atom is -0.481 e. The summed E-state index contributed by atoms with van der Waals surface area (Å²) in [5.74, 6) is -1.08. The minimum absolute atomic E-state index is 0.0425. The van der Waals surface area contributed by atoms with Crippen LogP contribution in [0.2, 0.25) is 0 Å². The molecule has 0 atom stereocenters. The van der Waals surface area contributed by atoms with E-state index in [-0.39, 0.29) is 12.3 Å². The molecular formula is C14H16N4O3. The highest BCUT2D eigenvalue weighted by molar-refractivity contribution is 5.95. The van der Waals surface area contributed by atoms with Gasteiger partial charge >= 0.3 is 5.97 Å². The van der Waals surface area contributed by atoms with E-state index in [0.717, 1.165) is 5.56 Å². The van der Waals surface area contributed by atoms with Gasteiger partial charge in [0.05, 0.1) is 6.54 Å². The van der Waals surface area contributed by atoms with E-state index in [0.29, 0.717) is 25.1 Å². The lowest BCUT2D eigenvalue weighted by atomic mass is 10.1. The summed E-state index contributed by atoms with van der Waals surface area (Å²) in [5.41, 5.74) is 1.39. The van der Waals surface area contributed by atoms with Crippen molar-refractivity contribution in [3.63, 3.8) is 0 Å². The summed E-state index contributed by atoms with van der Waals surface area (Å²) in [6.45, 7) is 0.793. The largest absolute Gasteiger partial charge is 0.481 e. The van der Waals surface area contributed by atoms with Crippen molar-refractivity contribution in [2.24, 2.45) is 0 Å². The second kappa shape index (κ2) is 7.18. The smallest absolute Gasteiger partial charge is 0.303 e. The molecule has 1 aromatic carbocycles. The Morgan fingerprint density at radius 2 is 2.10 bits per heavy atom. The number of carboxylic acids is 1. The van der Waals surface area contributed by atoms with Crippen molar-refractivity contribution in [2.45, 2.75) is 19.4 Å². The van der Waals surface area contributed by atoms with Crippen molar-refractivity contribution in [1.82, 2.24) is 20.1 Å². The Labute approximate surface area is 121 Å². The molecule has 7 nitrogen and oxygen atoms in total. The van der Waals surface area contributed by atoms with Crippen LogP contribution >= 0.6 is 0 Å². The Kier molecular flexibility index (Phi) is 5.03. The zero-order valence-corrected chi connectivity index (χ0v) is 11.4. The molecule has 0 aliphatic heterocycles. The Hall–Kier alpha value is -2.70. The van der Waals surface area contributed by atoms with Crippen LogP contribution in [0, 0.1) is 0 Å². The maximum absolute atomic E-state index is 12.1. The average molecular weight is 288 g/mol. The van der Waals surface area contributed by atoms with E-state index in [1.807, 2.05) is 12.1 Å². The predicted octanol–water partition coefficient (Wildman–Crippen LogP) is 0.921. The van der Waals surface area contributed by atoms with Crippen LogP contribution in [0.1, 0.15) is 28.8 Å². The zero-order valence-electron chi connectivity index (χ0n) is 11.4. The lowest BCUT2D eigenvalue weighted by Gasteiger charge is -2.09. The lowest BCUT2D eigenvalue weighted by molar-refractivity contribution is -0.137. The second-order valence-electron chi connectivity index (χ2n) is 4.50. The fraction of sp³-hybridized carbons (Fsp3) is 0.286. The van der Waals surface area contributed by atoms with E-state index in [9.17, 15) is 9.59 Å². The maximum Gasteiger partial charge on any atom is 0.303 e. The topological polar surface area (TPSA) is 97.1 Å². The third-order valence-corrected chi connectivity index (χ3v) is 2.91. The van der Waals surface area contributed by atoms with Gasteiger partial charge in [0.2, 0.25) is 0 Å². The normalized spacial score (nSPS) is 10.3. The third kappa shape index (κ3) is 4.41. The number of carboxylic acid groups (broad SMARTS) is 1. The predicted molar refractivity (Wildman–Crippen MR) is 74.8 cm³/mol. The number of nitrogens with zero attached hydrogens (tertiary/aromatic N) is 3. The number of rotatable bonds is 7. The number of carbonyl (C=O) groups excluding carboxylic acids is 1. The van der Waals surface area contributed by atoms with Gasteiger partial charge in [-0.1, -0.05) is 18.2 Å². The van der Waals surface area contributed by atoms with E-state index in [4.69, 9.17) is 5.11 Å². The Morgan fingerprint density at radius 1 is 1.29 bits per heavy atom. The Bertz CT molecular complexity index is 610. The fourth-order valence-corrected chi connectivity index (χ4v) is 1.91. The first-order valence-corrected chi connectivity index (χ1v) is 6.57. The molecule has 1 amide bonds. The maximum atomic E-state index is 12.1. The van der Waals surface area contributed by atoms with E-state index in [1.54, 1.807) is 23.1 Å². The molecule has 1 heterocycles. The van der Waals surface area contributed by atoms with Crippen LogP contribution in [0.4, 0.5) is 0 Å². The summed E-state index contributed by atoms with van der Waals surface area (Å²) < 4.78 is 1.64. The monoisotopic (exact) mass is 288 g/mol. The molecule has 0 unspecified atom stereocenters. The Balaban J connectivity index is 1.98. The molecule has 0 fully saturated rings. The summed E-state index contributed by atoms with van der Waals surface area (Å²) in [7, 11) is 0. The first-order chi connectivity index (χ1) is 10.2. The molecule has 0 aliphatic rings. The molecule has 2 aromatic rings. The molecule has 1 aromatic heterocycles. The number of nitrogens with one attached hydrogen (secondary N) is 1. The van der Waals surface area contributed by atoms with Gasteiger partial charge in [-0.05, 0) is 18.1 Å². The highest BCUT2D eigenvalue weighted by atomic mass is 16.4. The van der Waals surface area contributed by atoms with Gasteiger partial charge in [-0.2, -0.15) is 5.10 Å². The van der Waals surface area contributed by atoms with Crippen molar-refractivity contribution in [3.8, 4) is 0 Å². The molecule has 110 valence electrons. The summed E-state index contributed by atoms with van der Waals surface area (Å²) in [6, 6.07) is 7.23. The first-order valence-electron chi connectivity index (χ1n) is 6.57. The molecule has 2 rings (SSSR count). The van der Waals surface area contributed by atoms with Gasteiger partial charge in [0, 0.05) is 18.5 Å². The Morgan fingerprint density at radius 3 is 2.81 bits per heavy atom. The molecule has 0 radical (unpaired) electrons. The van der Waals surface area contributed by atoms with Crippen LogP contribution in [0.15, 0.2) is 36.9 Å². The average Bonchev–Trinajstić information content (AvgIpc) is 2.97. The SMILES string of the molecule is O=C(O)CCCNC(=O)c1ccccc1Cn1cncn1. The number of carbonyl (C=O) groups is 2. The standard InChI is InChI=1S/C14H16N4O3/c19-13(20)6-3-7-16-14(21)12-5-2-1-4-11(12)8-18-10-15-9-17-18/h1-2,4-5,9-10H,3,6-8H2,(H,16,21)(H,19,20). The van der Waals surface area contributed by atoms with E-state index in [1.165, 1.54) is 6.33 Å². The number of amides is 1. The summed E-state index contributed by atoms with van der Waals surface area (Å²) in [4.78, 5) is 26.4. The summed E-state index contributed by atoms with van der Waals surface area (Å²) >= 11 is 0. The lowest BCUT2D eigenvalue weighted by Crippen LogP contribution is -2.26. The van der Waals surface area contributed by atoms with Gasteiger partial charge in [0.25, 0.3) is 5.91 Å². The van der Waals surface area contributed by atoms with Crippen LogP contribution in [0.25, 0.3) is 0 Å². The van der Waals surface area contributed by atoms with E-state index in [2.05, 4.69) is 15.4 Å². The number of aliphatic carboxylic acids is 1. The number of hydrogen-bond acceptors (Lipinski definition) is 4.